The number of fused-ring (bicyclic) bond motifs is 6. The fourth-order valence-electron chi connectivity index (χ4n) is 7.33. The highest BCUT2D eigenvalue weighted by atomic mass is 15.0. The lowest BCUT2D eigenvalue weighted by atomic mass is 9.92. The lowest BCUT2D eigenvalue weighted by Gasteiger charge is -2.18. The number of hydrogen-bond donors (Lipinski definition) is 0. The average molecular weight is 611 g/mol. The second kappa shape index (κ2) is 10.9. The van der Waals surface area contributed by atoms with E-state index >= 15 is 0 Å². The molecule has 2 heterocycles. The third kappa shape index (κ3) is 4.07. The number of nitriles is 2. The molecule has 0 aliphatic rings. The fourth-order valence-corrected chi connectivity index (χ4v) is 7.33. The van der Waals surface area contributed by atoms with Gasteiger partial charge in [0.05, 0.1) is 50.6 Å². The molecule has 0 amide bonds. The minimum Gasteiger partial charge on any atom is -0.309 e. The summed E-state index contributed by atoms with van der Waals surface area (Å²) in [5.41, 5.74) is 11.5. The molecule has 0 saturated carbocycles. The van der Waals surface area contributed by atoms with Gasteiger partial charge in [-0.3, -0.25) is 0 Å². The molecule has 0 atom stereocenters. The van der Waals surface area contributed by atoms with E-state index in [-0.39, 0.29) is 0 Å². The molecule has 4 nitrogen and oxygen atoms in total. The maximum Gasteiger partial charge on any atom is 0.101 e. The average Bonchev–Trinajstić information content (AvgIpc) is 3.67. The van der Waals surface area contributed by atoms with Gasteiger partial charge in [-0.2, -0.15) is 10.5 Å². The van der Waals surface area contributed by atoms with Crippen LogP contribution in [0.25, 0.3) is 77.2 Å². The fraction of sp³-hybridized carbons (Fsp3) is 0. The van der Waals surface area contributed by atoms with Crippen molar-refractivity contribution in [3.05, 3.63) is 169 Å². The molecule has 48 heavy (non-hydrogen) atoms. The van der Waals surface area contributed by atoms with Crippen LogP contribution in [0.2, 0.25) is 0 Å². The van der Waals surface area contributed by atoms with Crippen molar-refractivity contribution in [1.82, 2.24) is 9.13 Å². The Morgan fingerprint density at radius 1 is 0.375 bits per heavy atom. The molecule has 0 N–H and O–H groups in total. The standard InChI is InChI=1S/C44H26N4/c45-27-29-21-24-38-37-16-6-10-20-42(37)48(44(38)25-29)43-26-30(22-23-31(43)28-46)32-11-1-2-12-33(32)34-13-3-7-17-39(34)47-40-18-8-4-14-35(40)36-15-5-9-19-41(36)47/h1-26H. The van der Waals surface area contributed by atoms with Crippen LogP contribution in [0.1, 0.15) is 11.1 Å². The molecule has 7 aromatic carbocycles. The van der Waals surface area contributed by atoms with Crippen molar-refractivity contribution in [2.45, 2.75) is 0 Å². The van der Waals surface area contributed by atoms with Gasteiger partial charge in [0.15, 0.2) is 0 Å². The molecule has 0 aliphatic carbocycles. The van der Waals surface area contributed by atoms with Crippen LogP contribution in [0.3, 0.4) is 0 Å². The van der Waals surface area contributed by atoms with E-state index in [0.29, 0.717) is 11.1 Å². The lowest BCUT2D eigenvalue weighted by Crippen LogP contribution is -2.00. The SMILES string of the molecule is N#Cc1ccc2c3ccccc3n(-c3cc(-c4ccccc4-c4ccccc4-n4c5ccccc5c5ccccc54)ccc3C#N)c2c1. The van der Waals surface area contributed by atoms with Crippen LogP contribution in [0.4, 0.5) is 0 Å². The van der Waals surface area contributed by atoms with E-state index in [1.54, 1.807) is 0 Å². The van der Waals surface area contributed by atoms with Gasteiger partial charge < -0.3 is 9.13 Å². The van der Waals surface area contributed by atoms with Crippen LogP contribution >= 0.6 is 0 Å². The van der Waals surface area contributed by atoms with Gasteiger partial charge in [-0.1, -0.05) is 109 Å². The van der Waals surface area contributed by atoms with Crippen molar-refractivity contribution in [3.63, 3.8) is 0 Å². The summed E-state index contributed by atoms with van der Waals surface area (Å²) in [7, 11) is 0. The molecule has 2 aromatic heterocycles. The summed E-state index contributed by atoms with van der Waals surface area (Å²) in [5.74, 6) is 0. The predicted octanol–water partition coefficient (Wildman–Crippen LogP) is 11.0. The summed E-state index contributed by atoms with van der Waals surface area (Å²) in [5, 5.41) is 24.7. The van der Waals surface area contributed by atoms with Gasteiger partial charge >= 0.3 is 0 Å². The van der Waals surface area contributed by atoms with E-state index in [9.17, 15) is 10.5 Å². The highest BCUT2D eigenvalue weighted by molar-refractivity contribution is 6.11. The maximum absolute atomic E-state index is 10.4. The first kappa shape index (κ1) is 27.4. The minimum atomic E-state index is 0.562. The Morgan fingerprint density at radius 2 is 0.896 bits per heavy atom. The third-order valence-electron chi connectivity index (χ3n) is 9.42. The Labute approximate surface area is 277 Å². The smallest absolute Gasteiger partial charge is 0.101 e. The Bertz CT molecular complexity index is 2760. The number of benzene rings is 7. The van der Waals surface area contributed by atoms with Crippen molar-refractivity contribution in [3.8, 4) is 45.8 Å². The summed E-state index contributed by atoms with van der Waals surface area (Å²) in [6.07, 6.45) is 0. The Balaban J connectivity index is 1.29. The van der Waals surface area contributed by atoms with Crippen LogP contribution in [-0.4, -0.2) is 9.13 Å². The van der Waals surface area contributed by atoms with Gasteiger partial charge in [0, 0.05) is 27.1 Å². The largest absolute Gasteiger partial charge is 0.309 e. The number of nitrogens with zero attached hydrogens (tertiary/aromatic N) is 4. The second-order valence-corrected chi connectivity index (χ2v) is 12.0. The molecule has 0 fully saturated rings. The van der Waals surface area contributed by atoms with Crippen molar-refractivity contribution in [2.24, 2.45) is 0 Å². The molecule has 9 aromatic rings. The summed E-state index contributed by atoms with van der Waals surface area (Å²) >= 11 is 0. The van der Waals surface area contributed by atoms with E-state index in [4.69, 9.17) is 0 Å². The van der Waals surface area contributed by atoms with E-state index in [1.807, 2.05) is 42.5 Å². The topological polar surface area (TPSA) is 57.4 Å². The second-order valence-electron chi connectivity index (χ2n) is 12.0. The molecule has 4 heteroatoms. The quantitative estimate of drug-likeness (QED) is 0.199. The third-order valence-corrected chi connectivity index (χ3v) is 9.42. The monoisotopic (exact) mass is 610 g/mol. The molecule has 0 saturated heterocycles. The first-order chi connectivity index (χ1) is 23.7. The van der Waals surface area contributed by atoms with E-state index in [0.717, 1.165) is 66.5 Å². The molecule has 9 rings (SSSR count). The highest BCUT2D eigenvalue weighted by Gasteiger charge is 2.19. The molecule has 0 radical (unpaired) electrons. The summed E-state index contributed by atoms with van der Waals surface area (Å²) in [6, 6.07) is 59.0. The zero-order valence-electron chi connectivity index (χ0n) is 25.8. The van der Waals surface area contributed by atoms with Gasteiger partial charge in [-0.15, -0.1) is 0 Å². The van der Waals surface area contributed by atoms with Gasteiger partial charge in [0.2, 0.25) is 0 Å². The number of para-hydroxylation sites is 4. The Morgan fingerprint density at radius 3 is 1.52 bits per heavy atom. The van der Waals surface area contributed by atoms with Crippen LogP contribution in [0.15, 0.2) is 158 Å². The normalized spacial score (nSPS) is 11.3. The Hall–Kier alpha value is -6.88. The van der Waals surface area contributed by atoms with Crippen LogP contribution in [0.5, 0.6) is 0 Å². The number of aromatic nitrogens is 2. The van der Waals surface area contributed by atoms with E-state index < -0.39 is 0 Å². The summed E-state index contributed by atoms with van der Waals surface area (Å²) < 4.78 is 4.49. The van der Waals surface area contributed by atoms with Crippen molar-refractivity contribution in [1.29, 1.82) is 10.5 Å². The van der Waals surface area contributed by atoms with E-state index in [1.165, 1.54) is 10.8 Å². The van der Waals surface area contributed by atoms with Crippen LogP contribution < -0.4 is 0 Å². The Kier molecular flexibility index (Phi) is 6.22. The van der Waals surface area contributed by atoms with Gasteiger partial charge in [0.25, 0.3) is 0 Å². The van der Waals surface area contributed by atoms with E-state index in [2.05, 4.69) is 137 Å². The molecule has 0 aliphatic heterocycles. The predicted molar refractivity (Wildman–Crippen MR) is 195 cm³/mol. The molecule has 0 unspecified atom stereocenters. The zero-order chi connectivity index (χ0) is 32.2. The molecule has 222 valence electrons. The maximum atomic E-state index is 10.4. The summed E-state index contributed by atoms with van der Waals surface area (Å²) in [4.78, 5) is 0. The highest BCUT2D eigenvalue weighted by Crippen LogP contribution is 2.41. The molecule has 0 bridgehead atoms. The zero-order valence-corrected chi connectivity index (χ0v) is 25.8. The van der Waals surface area contributed by atoms with Gasteiger partial charge in [0.1, 0.15) is 6.07 Å². The summed E-state index contributed by atoms with van der Waals surface area (Å²) in [6.45, 7) is 0. The minimum absolute atomic E-state index is 0.562. The molecular formula is C44H26N4. The van der Waals surface area contributed by atoms with Crippen molar-refractivity contribution >= 4 is 43.6 Å². The molecular weight excluding hydrogens is 585 g/mol. The van der Waals surface area contributed by atoms with Crippen LogP contribution in [0, 0.1) is 22.7 Å². The van der Waals surface area contributed by atoms with Crippen molar-refractivity contribution < 1.29 is 0 Å². The van der Waals surface area contributed by atoms with Crippen LogP contribution in [-0.2, 0) is 0 Å². The molecule has 0 spiro atoms. The first-order valence-corrected chi connectivity index (χ1v) is 15.9. The van der Waals surface area contributed by atoms with Gasteiger partial charge in [-0.05, 0) is 65.2 Å². The van der Waals surface area contributed by atoms with Crippen molar-refractivity contribution in [2.75, 3.05) is 0 Å². The number of rotatable bonds is 4. The van der Waals surface area contributed by atoms with Gasteiger partial charge in [-0.25, -0.2) is 0 Å². The number of hydrogen-bond acceptors (Lipinski definition) is 2. The first-order valence-electron chi connectivity index (χ1n) is 15.9. The lowest BCUT2D eigenvalue weighted by molar-refractivity contribution is 1.17.